The number of fused-ring (bicyclic) bond motifs is 1. The van der Waals surface area contributed by atoms with E-state index in [0.717, 1.165) is 0 Å². The van der Waals surface area contributed by atoms with Crippen molar-refractivity contribution in [2.75, 3.05) is 6.54 Å². The van der Waals surface area contributed by atoms with Crippen molar-refractivity contribution < 1.29 is 9.18 Å². The number of hydrogen-bond donors (Lipinski definition) is 3. The number of aryl methyl sites for hydroxylation is 1. The first-order valence-electron chi connectivity index (χ1n) is 7.33. The summed E-state index contributed by atoms with van der Waals surface area (Å²) in [5.41, 5.74) is 0.818. The molecule has 0 bridgehead atoms. The second-order valence-electron chi connectivity index (χ2n) is 5.27. The first kappa shape index (κ1) is 16.2. The van der Waals surface area contributed by atoms with E-state index in [9.17, 15) is 14.0 Å². The number of carbonyl (C=O) groups excluding carboxylic acids is 1. The molecule has 3 rings (SSSR count). The lowest BCUT2D eigenvalue weighted by Gasteiger charge is -2.04. The summed E-state index contributed by atoms with van der Waals surface area (Å²) in [5, 5.41) is 2.95. The molecule has 24 heavy (non-hydrogen) atoms. The highest BCUT2D eigenvalue weighted by atomic mass is 35.5. The van der Waals surface area contributed by atoms with Crippen LogP contribution in [0.3, 0.4) is 0 Å². The number of imidazole rings is 1. The average Bonchev–Trinajstić information content (AvgIpc) is 2.95. The predicted octanol–water partition coefficient (Wildman–Crippen LogP) is 2.41. The van der Waals surface area contributed by atoms with Gasteiger partial charge in [-0.2, -0.15) is 0 Å². The van der Waals surface area contributed by atoms with E-state index in [-0.39, 0.29) is 16.4 Å². The monoisotopic (exact) mass is 348 g/mol. The third kappa shape index (κ3) is 3.62. The van der Waals surface area contributed by atoms with E-state index in [1.807, 2.05) is 0 Å². The lowest BCUT2D eigenvalue weighted by Crippen LogP contribution is -2.30. The minimum Gasteiger partial charge on any atom is -0.352 e. The van der Waals surface area contributed by atoms with E-state index in [2.05, 4.69) is 20.3 Å². The molecule has 0 spiro atoms. The lowest BCUT2D eigenvalue weighted by molar-refractivity contribution is 0.0951. The normalized spacial score (nSPS) is 10.9. The highest BCUT2D eigenvalue weighted by Gasteiger charge is 2.10. The molecule has 0 aliphatic rings. The number of aromatic nitrogens is 3. The Bertz CT molecular complexity index is 951. The standard InChI is InChI=1S/C16H14ClFN4O2/c17-9-6-11(16(24)20-8-9)15(23)19-5-1-2-14-21-12-4-3-10(18)7-13(12)22-14/h3-4,6-8H,1-2,5H2,(H,19,23)(H,20,24)(H,21,22). The van der Waals surface area contributed by atoms with Crippen molar-refractivity contribution in [2.45, 2.75) is 12.8 Å². The second kappa shape index (κ2) is 6.84. The summed E-state index contributed by atoms with van der Waals surface area (Å²) in [6.45, 7) is 0.371. The Hall–Kier alpha value is -2.67. The largest absolute Gasteiger partial charge is 0.352 e. The van der Waals surface area contributed by atoms with Gasteiger partial charge < -0.3 is 15.3 Å². The number of H-pyrrole nitrogens is 2. The number of amides is 1. The van der Waals surface area contributed by atoms with E-state index in [1.165, 1.54) is 24.4 Å². The van der Waals surface area contributed by atoms with Gasteiger partial charge in [0.15, 0.2) is 0 Å². The SMILES string of the molecule is O=C(NCCCc1nc2ccc(F)cc2[nH]1)c1cc(Cl)c[nH]c1=O. The molecule has 0 saturated carbocycles. The van der Waals surface area contributed by atoms with Gasteiger partial charge in [-0.25, -0.2) is 9.37 Å². The van der Waals surface area contributed by atoms with Crippen LogP contribution in [-0.2, 0) is 6.42 Å². The molecule has 3 aromatic rings. The molecule has 2 heterocycles. The van der Waals surface area contributed by atoms with E-state index in [1.54, 1.807) is 6.07 Å². The maximum Gasteiger partial charge on any atom is 0.260 e. The molecule has 1 amide bonds. The molecule has 0 aliphatic heterocycles. The molecule has 1 aromatic carbocycles. The van der Waals surface area contributed by atoms with Crippen molar-refractivity contribution in [3.8, 4) is 0 Å². The van der Waals surface area contributed by atoms with Gasteiger partial charge in [-0.1, -0.05) is 11.6 Å². The zero-order chi connectivity index (χ0) is 17.1. The molecular weight excluding hydrogens is 335 g/mol. The third-order valence-electron chi connectivity index (χ3n) is 3.48. The fraction of sp³-hybridized carbons (Fsp3) is 0.188. The van der Waals surface area contributed by atoms with Gasteiger partial charge in [0, 0.05) is 19.2 Å². The predicted molar refractivity (Wildman–Crippen MR) is 88.8 cm³/mol. The molecule has 3 N–H and O–H groups in total. The Kier molecular flexibility index (Phi) is 4.61. The molecule has 8 heteroatoms. The molecule has 0 saturated heterocycles. The number of benzene rings is 1. The summed E-state index contributed by atoms with van der Waals surface area (Å²) < 4.78 is 13.1. The lowest BCUT2D eigenvalue weighted by atomic mass is 10.2. The van der Waals surface area contributed by atoms with E-state index in [4.69, 9.17) is 11.6 Å². The first-order valence-corrected chi connectivity index (χ1v) is 7.71. The number of hydrogen-bond acceptors (Lipinski definition) is 3. The van der Waals surface area contributed by atoms with Crippen molar-refractivity contribution in [1.29, 1.82) is 0 Å². The van der Waals surface area contributed by atoms with Gasteiger partial charge in [0.1, 0.15) is 17.2 Å². The van der Waals surface area contributed by atoms with Crippen LogP contribution in [0, 0.1) is 5.82 Å². The molecule has 0 atom stereocenters. The van der Waals surface area contributed by atoms with Crippen LogP contribution in [0.5, 0.6) is 0 Å². The maximum absolute atomic E-state index is 13.1. The smallest absolute Gasteiger partial charge is 0.260 e. The van der Waals surface area contributed by atoms with Crippen LogP contribution in [0.25, 0.3) is 11.0 Å². The average molecular weight is 349 g/mol. The van der Waals surface area contributed by atoms with Gasteiger partial charge in [-0.15, -0.1) is 0 Å². The van der Waals surface area contributed by atoms with Gasteiger partial charge in [0.25, 0.3) is 11.5 Å². The van der Waals surface area contributed by atoms with Crippen LogP contribution in [0.2, 0.25) is 5.02 Å². The molecule has 2 aromatic heterocycles. The molecule has 0 fully saturated rings. The number of aromatic amines is 2. The van der Waals surface area contributed by atoms with Gasteiger partial charge in [0.05, 0.1) is 16.1 Å². The van der Waals surface area contributed by atoms with E-state index >= 15 is 0 Å². The van der Waals surface area contributed by atoms with Crippen molar-refractivity contribution in [3.63, 3.8) is 0 Å². The summed E-state index contributed by atoms with van der Waals surface area (Å²) >= 11 is 5.76. The Labute approximate surface area is 141 Å². The Morgan fingerprint density at radius 1 is 1.33 bits per heavy atom. The first-order chi connectivity index (χ1) is 11.5. The second-order valence-corrected chi connectivity index (χ2v) is 5.70. The van der Waals surface area contributed by atoms with Crippen LogP contribution in [-0.4, -0.2) is 27.4 Å². The number of carbonyl (C=O) groups is 1. The van der Waals surface area contributed by atoms with E-state index < -0.39 is 11.5 Å². The summed E-state index contributed by atoms with van der Waals surface area (Å²) in [6, 6.07) is 5.68. The highest BCUT2D eigenvalue weighted by molar-refractivity contribution is 6.30. The van der Waals surface area contributed by atoms with Gasteiger partial charge in [0.2, 0.25) is 0 Å². The zero-order valence-electron chi connectivity index (χ0n) is 12.5. The molecule has 0 radical (unpaired) electrons. The quantitative estimate of drug-likeness (QED) is 0.618. The molecule has 0 aliphatic carbocycles. The fourth-order valence-corrected chi connectivity index (χ4v) is 2.50. The summed E-state index contributed by atoms with van der Waals surface area (Å²) in [4.78, 5) is 33.3. The van der Waals surface area contributed by atoms with Crippen molar-refractivity contribution in [3.05, 3.63) is 63.0 Å². The topological polar surface area (TPSA) is 90.6 Å². The molecule has 6 nitrogen and oxygen atoms in total. The van der Waals surface area contributed by atoms with Crippen LogP contribution in [0.1, 0.15) is 22.6 Å². The van der Waals surface area contributed by atoms with Crippen molar-refractivity contribution in [1.82, 2.24) is 20.3 Å². The van der Waals surface area contributed by atoms with Crippen LogP contribution < -0.4 is 10.9 Å². The van der Waals surface area contributed by atoms with Gasteiger partial charge in [-0.3, -0.25) is 9.59 Å². The number of nitrogens with zero attached hydrogens (tertiary/aromatic N) is 1. The Morgan fingerprint density at radius 2 is 2.17 bits per heavy atom. The zero-order valence-corrected chi connectivity index (χ0v) is 13.3. The minimum absolute atomic E-state index is 0.0262. The minimum atomic E-state index is -0.490. The highest BCUT2D eigenvalue weighted by Crippen LogP contribution is 2.13. The fourth-order valence-electron chi connectivity index (χ4n) is 2.33. The summed E-state index contributed by atoms with van der Waals surface area (Å²) in [5.74, 6) is -0.0902. The van der Waals surface area contributed by atoms with Crippen molar-refractivity contribution in [2.24, 2.45) is 0 Å². The van der Waals surface area contributed by atoms with E-state index in [0.29, 0.717) is 36.2 Å². The van der Waals surface area contributed by atoms with Crippen LogP contribution >= 0.6 is 11.6 Å². The Balaban J connectivity index is 1.55. The molecule has 124 valence electrons. The van der Waals surface area contributed by atoms with Gasteiger partial charge in [-0.05, 0) is 30.7 Å². The number of halogens is 2. The van der Waals surface area contributed by atoms with Crippen molar-refractivity contribution >= 4 is 28.5 Å². The number of pyridine rings is 1. The van der Waals surface area contributed by atoms with Crippen LogP contribution in [0.4, 0.5) is 4.39 Å². The maximum atomic E-state index is 13.1. The van der Waals surface area contributed by atoms with Crippen LogP contribution in [0.15, 0.2) is 35.3 Å². The number of rotatable bonds is 5. The van der Waals surface area contributed by atoms with Gasteiger partial charge >= 0.3 is 0 Å². The summed E-state index contributed by atoms with van der Waals surface area (Å²) in [7, 11) is 0. The number of nitrogens with one attached hydrogen (secondary N) is 3. The molecular formula is C16H14ClFN4O2. The molecule has 0 unspecified atom stereocenters. The summed E-state index contributed by atoms with van der Waals surface area (Å²) in [6.07, 6.45) is 2.53. The third-order valence-corrected chi connectivity index (χ3v) is 3.70. The Morgan fingerprint density at radius 3 is 3.00 bits per heavy atom.